The van der Waals surface area contributed by atoms with E-state index in [-0.39, 0.29) is 0 Å². The molecule has 0 aromatic heterocycles. The van der Waals surface area contributed by atoms with Gasteiger partial charge in [0, 0.05) is 18.7 Å². The summed E-state index contributed by atoms with van der Waals surface area (Å²) in [6.07, 6.45) is 2.31. The number of hydrogen-bond donors (Lipinski definition) is 1. The van der Waals surface area contributed by atoms with Crippen LogP contribution in [-0.2, 0) is 6.54 Å². The van der Waals surface area contributed by atoms with Crippen molar-refractivity contribution >= 4 is 0 Å². The molecule has 1 rings (SSSR count). The van der Waals surface area contributed by atoms with Gasteiger partial charge in [0.2, 0.25) is 0 Å². The van der Waals surface area contributed by atoms with Crippen LogP contribution in [0.25, 0.3) is 0 Å². The fourth-order valence-corrected chi connectivity index (χ4v) is 1.92. The lowest BCUT2D eigenvalue weighted by molar-refractivity contribution is 0.254. The summed E-state index contributed by atoms with van der Waals surface area (Å²) < 4.78 is 5.80. The zero-order valence-electron chi connectivity index (χ0n) is 12.6. The van der Waals surface area contributed by atoms with Gasteiger partial charge in [0.05, 0.1) is 6.61 Å². The van der Waals surface area contributed by atoms with Crippen LogP contribution in [0.1, 0.15) is 32.3 Å². The second kappa shape index (κ2) is 8.94. The van der Waals surface area contributed by atoms with Crippen LogP contribution in [0.3, 0.4) is 0 Å². The molecule has 3 heteroatoms. The van der Waals surface area contributed by atoms with Crippen LogP contribution in [0.15, 0.2) is 24.3 Å². The molecule has 0 spiro atoms. The molecule has 0 unspecified atom stereocenters. The molecular formula is C16H28N2O. The third-order valence-corrected chi connectivity index (χ3v) is 3.22. The van der Waals surface area contributed by atoms with E-state index in [0.717, 1.165) is 43.3 Å². The van der Waals surface area contributed by atoms with Crippen molar-refractivity contribution in [3.05, 3.63) is 29.8 Å². The molecule has 0 aliphatic rings. The van der Waals surface area contributed by atoms with Crippen molar-refractivity contribution in [2.75, 3.05) is 26.7 Å². The van der Waals surface area contributed by atoms with Crippen molar-refractivity contribution in [1.82, 2.24) is 4.90 Å². The minimum Gasteiger partial charge on any atom is -0.493 e. The Morgan fingerprint density at radius 2 is 1.95 bits per heavy atom. The summed E-state index contributed by atoms with van der Waals surface area (Å²) in [5.74, 6) is 1.70. The standard InChI is InChI=1S/C16H28N2O/c1-14(2)9-11-18(3)10-6-12-19-16-8-5-4-7-15(16)13-17/h4-5,7-8,14H,6,9-13,17H2,1-3H3. The van der Waals surface area contributed by atoms with Gasteiger partial charge < -0.3 is 15.4 Å². The van der Waals surface area contributed by atoms with Crippen molar-refractivity contribution in [3.8, 4) is 5.75 Å². The lowest BCUT2D eigenvalue weighted by Crippen LogP contribution is -2.23. The van der Waals surface area contributed by atoms with E-state index in [9.17, 15) is 0 Å². The number of rotatable bonds is 9. The van der Waals surface area contributed by atoms with Crippen LogP contribution >= 0.6 is 0 Å². The van der Waals surface area contributed by atoms with Gasteiger partial charge in [0.25, 0.3) is 0 Å². The van der Waals surface area contributed by atoms with E-state index < -0.39 is 0 Å². The molecule has 0 fully saturated rings. The number of ether oxygens (including phenoxy) is 1. The highest BCUT2D eigenvalue weighted by Gasteiger charge is 2.03. The van der Waals surface area contributed by atoms with Crippen molar-refractivity contribution in [1.29, 1.82) is 0 Å². The van der Waals surface area contributed by atoms with Crippen molar-refractivity contribution in [2.45, 2.75) is 33.2 Å². The first-order valence-corrected chi connectivity index (χ1v) is 7.22. The maximum atomic E-state index is 5.80. The largest absolute Gasteiger partial charge is 0.493 e. The van der Waals surface area contributed by atoms with Gasteiger partial charge in [-0.1, -0.05) is 32.0 Å². The van der Waals surface area contributed by atoms with Crippen molar-refractivity contribution < 1.29 is 4.74 Å². The summed E-state index contributed by atoms with van der Waals surface area (Å²) in [4.78, 5) is 2.37. The Kier molecular flexibility index (Phi) is 7.53. The van der Waals surface area contributed by atoms with Gasteiger partial charge in [-0.2, -0.15) is 0 Å². The highest BCUT2D eigenvalue weighted by atomic mass is 16.5. The molecule has 1 aromatic carbocycles. The molecule has 0 saturated heterocycles. The molecule has 0 saturated carbocycles. The predicted molar refractivity (Wildman–Crippen MR) is 81.4 cm³/mol. The first-order valence-electron chi connectivity index (χ1n) is 7.22. The first kappa shape index (κ1) is 16.0. The minimum absolute atomic E-state index is 0.532. The van der Waals surface area contributed by atoms with Crippen LogP contribution < -0.4 is 10.5 Å². The van der Waals surface area contributed by atoms with E-state index in [2.05, 4.69) is 25.8 Å². The van der Waals surface area contributed by atoms with Crippen LogP contribution in [0, 0.1) is 5.92 Å². The van der Waals surface area contributed by atoms with Gasteiger partial charge in [0.15, 0.2) is 0 Å². The third-order valence-electron chi connectivity index (χ3n) is 3.22. The summed E-state index contributed by atoms with van der Waals surface area (Å²) in [5.41, 5.74) is 6.76. The monoisotopic (exact) mass is 264 g/mol. The Morgan fingerprint density at radius 3 is 2.63 bits per heavy atom. The average Bonchev–Trinajstić information content (AvgIpc) is 2.41. The van der Waals surface area contributed by atoms with Gasteiger partial charge in [0.1, 0.15) is 5.75 Å². The van der Waals surface area contributed by atoms with Gasteiger partial charge in [-0.15, -0.1) is 0 Å². The number of nitrogens with two attached hydrogens (primary N) is 1. The van der Waals surface area contributed by atoms with E-state index in [1.54, 1.807) is 0 Å². The number of hydrogen-bond acceptors (Lipinski definition) is 3. The molecule has 2 N–H and O–H groups in total. The van der Waals surface area contributed by atoms with Gasteiger partial charge in [-0.05, 0) is 38.4 Å². The maximum absolute atomic E-state index is 5.80. The summed E-state index contributed by atoms with van der Waals surface area (Å²) in [5, 5.41) is 0. The summed E-state index contributed by atoms with van der Waals surface area (Å²) in [6, 6.07) is 7.99. The molecular weight excluding hydrogens is 236 g/mol. The van der Waals surface area contributed by atoms with Crippen molar-refractivity contribution in [2.24, 2.45) is 11.7 Å². The summed E-state index contributed by atoms with van der Waals surface area (Å²) in [6.45, 7) is 8.06. The predicted octanol–water partition coefficient (Wildman–Crippen LogP) is 2.89. The van der Waals surface area contributed by atoms with E-state index in [4.69, 9.17) is 10.5 Å². The highest BCUT2D eigenvalue weighted by molar-refractivity contribution is 5.32. The Bertz CT molecular complexity index is 352. The molecule has 0 bridgehead atoms. The zero-order chi connectivity index (χ0) is 14.1. The Labute approximate surface area is 117 Å². The maximum Gasteiger partial charge on any atom is 0.123 e. The Hall–Kier alpha value is -1.06. The Balaban J connectivity index is 2.20. The van der Waals surface area contributed by atoms with E-state index in [1.165, 1.54) is 6.42 Å². The van der Waals surface area contributed by atoms with E-state index in [1.807, 2.05) is 24.3 Å². The Morgan fingerprint density at radius 1 is 1.21 bits per heavy atom. The molecule has 0 aliphatic carbocycles. The quantitative estimate of drug-likeness (QED) is 0.697. The molecule has 0 aliphatic heterocycles. The second-order valence-electron chi connectivity index (χ2n) is 5.50. The topological polar surface area (TPSA) is 38.5 Å². The van der Waals surface area contributed by atoms with Crippen LogP contribution in [0.5, 0.6) is 5.75 Å². The molecule has 0 heterocycles. The molecule has 0 radical (unpaired) electrons. The molecule has 19 heavy (non-hydrogen) atoms. The molecule has 0 amide bonds. The lowest BCUT2D eigenvalue weighted by Gasteiger charge is -2.18. The number of nitrogens with zero attached hydrogens (tertiary/aromatic N) is 1. The van der Waals surface area contributed by atoms with Gasteiger partial charge in [-0.3, -0.25) is 0 Å². The zero-order valence-corrected chi connectivity index (χ0v) is 12.6. The molecule has 108 valence electrons. The summed E-state index contributed by atoms with van der Waals surface area (Å²) >= 11 is 0. The van der Waals surface area contributed by atoms with Crippen LogP contribution in [0.4, 0.5) is 0 Å². The second-order valence-corrected chi connectivity index (χ2v) is 5.50. The third kappa shape index (κ3) is 6.60. The highest BCUT2D eigenvalue weighted by Crippen LogP contribution is 2.17. The molecule has 3 nitrogen and oxygen atoms in total. The normalized spacial score (nSPS) is 11.3. The molecule has 0 atom stereocenters. The van der Waals surface area contributed by atoms with Gasteiger partial charge >= 0.3 is 0 Å². The first-order chi connectivity index (χ1) is 9.13. The number of benzene rings is 1. The van der Waals surface area contributed by atoms with E-state index in [0.29, 0.717) is 6.54 Å². The van der Waals surface area contributed by atoms with Crippen LogP contribution in [0.2, 0.25) is 0 Å². The fourth-order valence-electron chi connectivity index (χ4n) is 1.92. The van der Waals surface area contributed by atoms with Gasteiger partial charge in [-0.25, -0.2) is 0 Å². The minimum atomic E-state index is 0.532. The SMILES string of the molecule is CC(C)CCN(C)CCCOc1ccccc1CN. The van der Waals surface area contributed by atoms with Crippen molar-refractivity contribution in [3.63, 3.8) is 0 Å². The van der Waals surface area contributed by atoms with E-state index >= 15 is 0 Å². The summed E-state index contributed by atoms with van der Waals surface area (Å²) in [7, 11) is 2.18. The average molecular weight is 264 g/mol. The number of para-hydroxylation sites is 1. The fraction of sp³-hybridized carbons (Fsp3) is 0.625. The lowest BCUT2D eigenvalue weighted by atomic mass is 10.1. The van der Waals surface area contributed by atoms with Crippen LogP contribution in [-0.4, -0.2) is 31.6 Å². The molecule has 1 aromatic rings. The smallest absolute Gasteiger partial charge is 0.123 e.